The molecule has 0 atom stereocenters. The van der Waals surface area contributed by atoms with Gasteiger partial charge in [0.25, 0.3) is 0 Å². The zero-order valence-electron chi connectivity index (χ0n) is 12.0. The summed E-state index contributed by atoms with van der Waals surface area (Å²) in [7, 11) is 0. The SMILES string of the molecule is Fc1cnc2[nH]c3c(c2c1C1CCNCC1)CCOCC3.[HH].[HH].[HH]. The number of halogens is 1. The highest BCUT2D eigenvalue weighted by Crippen LogP contribution is 2.36. The van der Waals surface area contributed by atoms with Crippen LogP contribution in [0.3, 0.4) is 0 Å². The Morgan fingerprint density at radius 3 is 2.90 bits per heavy atom. The van der Waals surface area contributed by atoms with Gasteiger partial charge in [-0.1, -0.05) is 0 Å². The molecule has 4 nitrogen and oxygen atoms in total. The number of nitrogens with zero attached hydrogens (tertiary/aromatic N) is 1. The molecule has 2 aliphatic rings. The molecule has 0 spiro atoms. The Balaban J connectivity index is 0.000000960. The summed E-state index contributed by atoms with van der Waals surface area (Å²) in [5, 5.41) is 4.38. The summed E-state index contributed by atoms with van der Waals surface area (Å²) in [5.74, 6) is 0.141. The fraction of sp³-hybridized carbons (Fsp3) is 0.562. The molecule has 0 aliphatic carbocycles. The van der Waals surface area contributed by atoms with E-state index in [0.717, 1.165) is 62.0 Å². The highest BCUT2D eigenvalue weighted by atomic mass is 19.1. The molecule has 21 heavy (non-hydrogen) atoms. The number of H-pyrrole nitrogens is 1. The number of piperidine rings is 1. The molecule has 2 aromatic heterocycles. The van der Waals surface area contributed by atoms with Crippen LogP contribution in [0, 0.1) is 5.82 Å². The molecule has 1 saturated heterocycles. The Kier molecular flexibility index (Phi) is 3.39. The van der Waals surface area contributed by atoms with Gasteiger partial charge in [0.15, 0.2) is 0 Å². The maximum Gasteiger partial charge on any atom is 0.145 e. The molecule has 0 saturated carbocycles. The second-order valence-electron chi connectivity index (χ2n) is 5.96. The number of hydrogen-bond acceptors (Lipinski definition) is 3. The largest absolute Gasteiger partial charge is 0.381 e. The van der Waals surface area contributed by atoms with Crippen LogP contribution < -0.4 is 5.32 Å². The van der Waals surface area contributed by atoms with Crippen LogP contribution in [0.25, 0.3) is 11.0 Å². The molecular weight excluding hydrogens is 269 g/mol. The Labute approximate surface area is 127 Å². The van der Waals surface area contributed by atoms with Crippen molar-refractivity contribution in [1.29, 1.82) is 0 Å². The van der Waals surface area contributed by atoms with Crippen LogP contribution >= 0.6 is 0 Å². The van der Waals surface area contributed by atoms with E-state index in [1.165, 1.54) is 17.5 Å². The summed E-state index contributed by atoms with van der Waals surface area (Å²) in [4.78, 5) is 7.67. The number of pyridine rings is 1. The van der Waals surface area contributed by atoms with Crippen molar-refractivity contribution in [3.63, 3.8) is 0 Å². The minimum absolute atomic E-state index is 0. The van der Waals surface area contributed by atoms with Crippen LogP contribution in [0.15, 0.2) is 6.20 Å². The van der Waals surface area contributed by atoms with Gasteiger partial charge in [0.1, 0.15) is 11.5 Å². The third kappa shape index (κ3) is 2.24. The molecule has 4 heterocycles. The standard InChI is InChI=1S/C16H20FN3O.3H2/c17-12-9-19-16-15(14(12)10-1-5-18-6-2-10)11-3-7-21-8-4-13(11)20-16;;;/h9-10,18H,1-8H2,(H,19,20);3*1H. The van der Waals surface area contributed by atoms with E-state index in [1.54, 1.807) is 0 Å². The third-order valence-electron chi connectivity index (χ3n) is 4.75. The first-order valence-electron chi connectivity index (χ1n) is 7.81. The lowest BCUT2D eigenvalue weighted by Gasteiger charge is -2.24. The maximum absolute atomic E-state index is 14.5. The van der Waals surface area contributed by atoms with Gasteiger partial charge in [-0.05, 0) is 43.8 Å². The fourth-order valence-electron chi connectivity index (χ4n) is 3.72. The molecule has 5 heteroatoms. The molecular formula is C16H26FN3O. The molecule has 2 aromatic rings. The zero-order chi connectivity index (χ0) is 14.2. The van der Waals surface area contributed by atoms with E-state index in [0.29, 0.717) is 12.5 Å². The lowest BCUT2D eigenvalue weighted by Crippen LogP contribution is -2.27. The van der Waals surface area contributed by atoms with E-state index in [-0.39, 0.29) is 10.1 Å². The minimum Gasteiger partial charge on any atom is -0.381 e. The smallest absolute Gasteiger partial charge is 0.145 e. The second kappa shape index (κ2) is 5.39. The van der Waals surface area contributed by atoms with Gasteiger partial charge in [-0.25, -0.2) is 9.37 Å². The van der Waals surface area contributed by atoms with E-state index >= 15 is 0 Å². The van der Waals surface area contributed by atoms with E-state index < -0.39 is 0 Å². The van der Waals surface area contributed by atoms with Gasteiger partial charge in [0.05, 0.1) is 19.4 Å². The van der Waals surface area contributed by atoms with Crippen molar-refractivity contribution in [2.75, 3.05) is 26.3 Å². The van der Waals surface area contributed by atoms with Crippen LogP contribution in [0.1, 0.15) is 39.9 Å². The van der Waals surface area contributed by atoms with Gasteiger partial charge >= 0.3 is 0 Å². The normalized spacial score (nSPS) is 20.4. The predicted molar refractivity (Wildman–Crippen MR) is 85.5 cm³/mol. The van der Waals surface area contributed by atoms with Gasteiger partial charge in [-0.15, -0.1) is 0 Å². The van der Waals surface area contributed by atoms with E-state index in [1.807, 2.05) is 0 Å². The second-order valence-corrected chi connectivity index (χ2v) is 5.96. The van der Waals surface area contributed by atoms with Gasteiger partial charge in [-0.3, -0.25) is 0 Å². The summed E-state index contributed by atoms with van der Waals surface area (Å²) in [6, 6.07) is 0. The molecule has 1 fully saturated rings. The molecule has 0 radical (unpaired) electrons. The fourth-order valence-corrected chi connectivity index (χ4v) is 3.72. The predicted octanol–water partition coefficient (Wildman–Crippen LogP) is 3.02. The summed E-state index contributed by atoms with van der Waals surface area (Å²) in [5.41, 5.74) is 4.12. The number of hydrogen-bond donors (Lipinski definition) is 2. The molecule has 0 aromatic carbocycles. The average molecular weight is 295 g/mol. The minimum atomic E-state index is -0.152. The van der Waals surface area contributed by atoms with Crippen molar-refractivity contribution in [3.8, 4) is 0 Å². The Morgan fingerprint density at radius 1 is 1.24 bits per heavy atom. The first kappa shape index (κ1) is 13.2. The lowest BCUT2D eigenvalue weighted by atomic mass is 9.87. The third-order valence-corrected chi connectivity index (χ3v) is 4.75. The lowest BCUT2D eigenvalue weighted by molar-refractivity contribution is 0.146. The number of nitrogens with one attached hydrogen (secondary N) is 2. The molecule has 4 rings (SSSR count). The molecule has 0 bridgehead atoms. The van der Waals surface area contributed by atoms with Crippen LogP contribution in [0.4, 0.5) is 4.39 Å². The summed E-state index contributed by atoms with van der Waals surface area (Å²) in [6.07, 6.45) is 5.07. The van der Waals surface area contributed by atoms with Crippen molar-refractivity contribution in [2.45, 2.75) is 31.6 Å². The van der Waals surface area contributed by atoms with Crippen molar-refractivity contribution in [3.05, 3.63) is 28.8 Å². The quantitative estimate of drug-likeness (QED) is 0.850. The average Bonchev–Trinajstić information content (AvgIpc) is 2.70. The molecule has 0 amide bonds. The Morgan fingerprint density at radius 2 is 2.05 bits per heavy atom. The van der Waals surface area contributed by atoms with Crippen LogP contribution in [0.5, 0.6) is 0 Å². The first-order valence-corrected chi connectivity index (χ1v) is 7.81. The molecule has 2 aliphatic heterocycles. The molecule has 0 unspecified atom stereocenters. The van der Waals surface area contributed by atoms with Crippen molar-refractivity contribution >= 4 is 11.0 Å². The van der Waals surface area contributed by atoms with E-state index in [9.17, 15) is 4.39 Å². The topological polar surface area (TPSA) is 49.9 Å². The highest BCUT2D eigenvalue weighted by Gasteiger charge is 2.26. The van der Waals surface area contributed by atoms with Crippen molar-refractivity contribution in [1.82, 2.24) is 15.3 Å². The summed E-state index contributed by atoms with van der Waals surface area (Å²) in [6.45, 7) is 3.36. The van der Waals surface area contributed by atoms with E-state index in [4.69, 9.17) is 4.74 Å². The Bertz CT molecular complexity index is 674. The first-order chi connectivity index (χ1) is 10.3. The van der Waals surface area contributed by atoms with Gasteiger partial charge in [-0.2, -0.15) is 0 Å². The van der Waals surface area contributed by atoms with E-state index in [2.05, 4.69) is 15.3 Å². The van der Waals surface area contributed by atoms with Crippen LogP contribution in [-0.2, 0) is 17.6 Å². The van der Waals surface area contributed by atoms with Crippen LogP contribution in [-0.4, -0.2) is 36.3 Å². The van der Waals surface area contributed by atoms with Gasteiger partial charge in [0, 0.05) is 27.3 Å². The highest BCUT2D eigenvalue weighted by molar-refractivity contribution is 5.86. The van der Waals surface area contributed by atoms with Crippen molar-refractivity contribution in [2.24, 2.45) is 0 Å². The number of aromatic nitrogens is 2. The number of rotatable bonds is 1. The van der Waals surface area contributed by atoms with Crippen LogP contribution in [0.2, 0.25) is 0 Å². The Hall–Kier alpha value is -1.46. The summed E-state index contributed by atoms with van der Waals surface area (Å²) >= 11 is 0. The molecule has 2 N–H and O–H groups in total. The maximum atomic E-state index is 14.5. The monoisotopic (exact) mass is 295 g/mol. The van der Waals surface area contributed by atoms with Gasteiger partial charge in [0.2, 0.25) is 0 Å². The molecule has 118 valence electrons. The number of aromatic amines is 1. The van der Waals surface area contributed by atoms with Gasteiger partial charge < -0.3 is 15.0 Å². The number of fused-ring (bicyclic) bond motifs is 3. The summed E-state index contributed by atoms with van der Waals surface area (Å²) < 4.78 is 20.1. The zero-order valence-corrected chi connectivity index (χ0v) is 12.0. The van der Waals surface area contributed by atoms with Crippen molar-refractivity contribution < 1.29 is 13.4 Å². The number of ether oxygens (including phenoxy) is 1.